The molecule has 2 aromatic carbocycles. The molecule has 3 fully saturated rings. The molecule has 0 unspecified atom stereocenters. The summed E-state index contributed by atoms with van der Waals surface area (Å²) in [5.41, 5.74) is 9.22. The van der Waals surface area contributed by atoms with Gasteiger partial charge in [-0.1, -0.05) is 42.8 Å². The van der Waals surface area contributed by atoms with Crippen molar-refractivity contribution in [3.8, 4) is 0 Å². The van der Waals surface area contributed by atoms with E-state index in [9.17, 15) is 14.4 Å². The van der Waals surface area contributed by atoms with Crippen LogP contribution in [0.2, 0.25) is 5.02 Å². The van der Waals surface area contributed by atoms with Gasteiger partial charge in [-0.05, 0) is 62.7 Å². The van der Waals surface area contributed by atoms with Crippen molar-refractivity contribution in [1.29, 1.82) is 0 Å². The zero-order valence-electron chi connectivity index (χ0n) is 26.8. The number of carbonyl (C=O) groups is 3. The van der Waals surface area contributed by atoms with Crippen LogP contribution in [-0.2, 0) is 32.7 Å². The molecule has 4 heterocycles. The van der Waals surface area contributed by atoms with E-state index in [4.69, 9.17) is 26.8 Å². The molecule has 3 amide bonds. The standard InChI is InChI=1S/C34H45ClN6O5/c1-3-24-20-23(21-27(35)30(24)36)22-29(31(42)40-18-16-39(17-19-40)25-8-12-38(2)13-9-25)45-33(44)41-14-10-34(11-15-41)26-6-4-5-7-28(26)37-32(43)46-34/h4-7,20-21,25,29H,3,8-19,22,36H2,1-2H3,(H,37,43)/t29-/m1/s1. The van der Waals surface area contributed by atoms with Gasteiger partial charge in [0, 0.05) is 70.1 Å². The summed E-state index contributed by atoms with van der Waals surface area (Å²) in [6.07, 6.45) is 1.96. The van der Waals surface area contributed by atoms with Gasteiger partial charge in [0.1, 0.15) is 5.60 Å². The third kappa shape index (κ3) is 6.77. The number of benzene rings is 2. The van der Waals surface area contributed by atoms with E-state index in [0.29, 0.717) is 62.2 Å². The summed E-state index contributed by atoms with van der Waals surface area (Å²) in [6.45, 7) is 7.62. The van der Waals surface area contributed by atoms with Gasteiger partial charge in [-0.2, -0.15) is 0 Å². The number of nitrogens with one attached hydrogen (secondary N) is 1. The van der Waals surface area contributed by atoms with E-state index >= 15 is 0 Å². The number of para-hydroxylation sites is 1. The molecule has 2 aromatic rings. The number of likely N-dealkylation sites (tertiary alicyclic amines) is 2. The predicted molar refractivity (Wildman–Crippen MR) is 177 cm³/mol. The molecule has 11 nitrogen and oxygen atoms in total. The van der Waals surface area contributed by atoms with Gasteiger partial charge in [0.2, 0.25) is 0 Å². The number of nitrogen functional groups attached to an aromatic ring is 1. The lowest BCUT2D eigenvalue weighted by molar-refractivity contribution is -0.143. The number of ether oxygens (including phenoxy) is 2. The summed E-state index contributed by atoms with van der Waals surface area (Å²) in [6, 6.07) is 11.8. The van der Waals surface area contributed by atoms with Crippen molar-refractivity contribution in [1.82, 2.24) is 19.6 Å². The Morgan fingerprint density at radius 2 is 1.74 bits per heavy atom. The first-order chi connectivity index (χ1) is 22.2. The second kappa shape index (κ2) is 13.7. The second-order valence-corrected chi connectivity index (χ2v) is 13.4. The van der Waals surface area contributed by atoms with Crippen LogP contribution in [0, 0.1) is 0 Å². The number of nitrogens with zero attached hydrogens (tertiary/aromatic N) is 4. The molecule has 0 bridgehead atoms. The number of anilines is 2. The van der Waals surface area contributed by atoms with Gasteiger partial charge in [0.15, 0.2) is 6.10 Å². The van der Waals surface area contributed by atoms with E-state index in [1.54, 1.807) is 11.0 Å². The Labute approximate surface area is 275 Å². The monoisotopic (exact) mass is 652 g/mol. The molecule has 4 aliphatic rings. The Kier molecular flexibility index (Phi) is 9.63. The molecule has 248 valence electrons. The number of piperidine rings is 2. The molecule has 0 saturated carbocycles. The largest absolute Gasteiger partial charge is 0.438 e. The van der Waals surface area contributed by atoms with Crippen molar-refractivity contribution in [3.05, 3.63) is 58.1 Å². The molecule has 0 aromatic heterocycles. The molecule has 0 aliphatic carbocycles. The quantitative estimate of drug-likeness (QED) is 0.443. The lowest BCUT2D eigenvalue weighted by Gasteiger charge is -2.44. The summed E-state index contributed by atoms with van der Waals surface area (Å²) in [5, 5.41) is 3.19. The van der Waals surface area contributed by atoms with E-state index in [0.717, 1.165) is 61.4 Å². The van der Waals surface area contributed by atoms with Crippen molar-refractivity contribution < 1.29 is 23.9 Å². The van der Waals surface area contributed by atoms with Crippen LogP contribution in [0.3, 0.4) is 0 Å². The summed E-state index contributed by atoms with van der Waals surface area (Å²) in [7, 11) is 2.16. The summed E-state index contributed by atoms with van der Waals surface area (Å²) in [4.78, 5) is 48.4. The lowest BCUT2D eigenvalue weighted by Crippen LogP contribution is -2.56. The number of piperazine rings is 1. The van der Waals surface area contributed by atoms with Gasteiger partial charge in [-0.15, -0.1) is 0 Å². The smallest absolute Gasteiger partial charge is 0.412 e. The molecule has 1 atom stereocenters. The zero-order valence-corrected chi connectivity index (χ0v) is 27.6. The molecule has 12 heteroatoms. The van der Waals surface area contributed by atoms with Gasteiger partial charge in [-0.25, -0.2) is 9.59 Å². The number of carbonyl (C=O) groups excluding carboxylic acids is 3. The van der Waals surface area contributed by atoms with Gasteiger partial charge >= 0.3 is 12.2 Å². The van der Waals surface area contributed by atoms with Crippen molar-refractivity contribution in [2.75, 3.05) is 70.5 Å². The highest BCUT2D eigenvalue weighted by Gasteiger charge is 2.46. The van der Waals surface area contributed by atoms with Crippen LogP contribution in [-0.4, -0.2) is 109 Å². The van der Waals surface area contributed by atoms with Crippen molar-refractivity contribution in [2.24, 2.45) is 0 Å². The highest BCUT2D eigenvalue weighted by molar-refractivity contribution is 6.33. The van der Waals surface area contributed by atoms with E-state index in [-0.39, 0.29) is 12.3 Å². The molecule has 0 radical (unpaired) electrons. The minimum absolute atomic E-state index is 0.196. The fourth-order valence-corrected chi connectivity index (χ4v) is 7.65. The first-order valence-electron chi connectivity index (χ1n) is 16.5. The fourth-order valence-electron chi connectivity index (χ4n) is 7.39. The maximum absolute atomic E-state index is 14.1. The third-order valence-corrected chi connectivity index (χ3v) is 10.5. The summed E-state index contributed by atoms with van der Waals surface area (Å²) >= 11 is 6.47. The molecular formula is C34H45ClN6O5. The Bertz CT molecular complexity index is 1450. The topological polar surface area (TPSA) is 121 Å². The van der Waals surface area contributed by atoms with Crippen LogP contribution in [0.1, 0.15) is 49.3 Å². The van der Waals surface area contributed by atoms with Crippen molar-refractivity contribution in [3.63, 3.8) is 0 Å². The summed E-state index contributed by atoms with van der Waals surface area (Å²) < 4.78 is 11.9. The number of aryl methyl sites for hydroxylation is 1. The summed E-state index contributed by atoms with van der Waals surface area (Å²) in [5.74, 6) is -0.197. The zero-order chi connectivity index (χ0) is 32.4. The number of amides is 3. The highest BCUT2D eigenvalue weighted by Crippen LogP contribution is 2.43. The molecule has 6 rings (SSSR count). The van der Waals surface area contributed by atoms with Crippen LogP contribution < -0.4 is 11.1 Å². The number of hydrogen-bond donors (Lipinski definition) is 2. The molecule has 3 N–H and O–H groups in total. The number of hydrogen-bond acceptors (Lipinski definition) is 8. The fraction of sp³-hybridized carbons (Fsp3) is 0.559. The number of halogens is 1. The number of fused-ring (bicyclic) bond motifs is 2. The third-order valence-electron chi connectivity index (χ3n) is 10.2. The Balaban J connectivity index is 1.15. The second-order valence-electron chi connectivity index (χ2n) is 13.0. The SMILES string of the molecule is CCc1cc(C[C@@H](OC(=O)N2CCC3(CC2)OC(=O)Nc2ccccc23)C(=O)N2CCN(C3CCN(C)CC3)CC2)cc(Cl)c1N. The van der Waals surface area contributed by atoms with Gasteiger partial charge in [0.05, 0.1) is 16.4 Å². The molecule has 46 heavy (non-hydrogen) atoms. The van der Waals surface area contributed by atoms with Crippen LogP contribution in [0.5, 0.6) is 0 Å². The highest BCUT2D eigenvalue weighted by atomic mass is 35.5. The molecular weight excluding hydrogens is 608 g/mol. The minimum Gasteiger partial charge on any atom is -0.438 e. The Morgan fingerprint density at radius 3 is 2.43 bits per heavy atom. The average Bonchev–Trinajstić information content (AvgIpc) is 3.06. The predicted octanol–water partition coefficient (Wildman–Crippen LogP) is 4.32. The van der Waals surface area contributed by atoms with Crippen LogP contribution in [0.25, 0.3) is 0 Å². The van der Waals surface area contributed by atoms with E-state index < -0.39 is 23.9 Å². The first kappa shape index (κ1) is 32.4. The van der Waals surface area contributed by atoms with Crippen molar-refractivity contribution >= 4 is 41.1 Å². The Hall–Kier alpha value is -3.54. The maximum atomic E-state index is 14.1. The normalized spacial score (nSPS) is 21.3. The van der Waals surface area contributed by atoms with Crippen molar-refractivity contribution in [2.45, 2.75) is 63.2 Å². The minimum atomic E-state index is -1.01. The van der Waals surface area contributed by atoms with E-state index in [1.807, 2.05) is 42.2 Å². The van der Waals surface area contributed by atoms with E-state index in [2.05, 4.69) is 22.2 Å². The van der Waals surface area contributed by atoms with E-state index in [1.165, 1.54) is 0 Å². The van der Waals surface area contributed by atoms with Crippen LogP contribution in [0.15, 0.2) is 36.4 Å². The van der Waals surface area contributed by atoms with Crippen LogP contribution in [0.4, 0.5) is 21.0 Å². The van der Waals surface area contributed by atoms with Gasteiger partial charge < -0.3 is 29.9 Å². The molecule has 1 spiro atoms. The average molecular weight is 653 g/mol. The molecule has 4 aliphatic heterocycles. The number of nitrogens with two attached hydrogens (primary N) is 1. The first-order valence-corrected chi connectivity index (χ1v) is 16.9. The maximum Gasteiger partial charge on any atom is 0.412 e. The van der Waals surface area contributed by atoms with Gasteiger partial charge in [-0.3, -0.25) is 15.0 Å². The van der Waals surface area contributed by atoms with Crippen LogP contribution >= 0.6 is 11.6 Å². The lowest BCUT2D eigenvalue weighted by atomic mass is 9.82. The Morgan fingerprint density at radius 1 is 1.04 bits per heavy atom. The van der Waals surface area contributed by atoms with Gasteiger partial charge in [0.25, 0.3) is 5.91 Å². The molecule has 3 saturated heterocycles. The number of rotatable bonds is 6.